The lowest BCUT2D eigenvalue weighted by Crippen LogP contribution is -2.23. The molecule has 0 aliphatic heterocycles. The van der Waals surface area contributed by atoms with E-state index in [-0.39, 0.29) is 18.0 Å². The molecule has 0 fully saturated rings. The fourth-order valence-electron chi connectivity index (χ4n) is 1.11. The van der Waals surface area contributed by atoms with Crippen molar-refractivity contribution in [3.63, 3.8) is 0 Å². The number of carbonyl (C=O) groups is 1. The Morgan fingerprint density at radius 1 is 1.60 bits per heavy atom. The molecule has 15 heavy (non-hydrogen) atoms. The Labute approximate surface area is 87.8 Å². The standard InChI is InChI=1S/C11H13FN2O/c1-2-5-14-7-11(15)8-3-4-9(12)10(13)6-8/h2-4,6,14H,1,5,7,13H2. The van der Waals surface area contributed by atoms with Gasteiger partial charge in [0.25, 0.3) is 0 Å². The van der Waals surface area contributed by atoms with Crippen molar-refractivity contribution in [3.05, 3.63) is 42.2 Å². The van der Waals surface area contributed by atoms with Gasteiger partial charge >= 0.3 is 0 Å². The molecule has 0 bridgehead atoms. The van der Waals surface area contributed by atoms with E-state index in [2.05, 4.69) is 11.9 Å². The molecule has 0 aliphatic rings. The van der Waals surface area contributed by atoms with E-state index in [0.717, 1.165) is 0 Å². The van der Waals surface area contributed by atoms with Crippen LogP contribution in [-0.4, -0.2) is 18.9 Å². The van der Waals surface area contributed by atoms with Crippen LogP contribution in [0.2, 0.25) is 0 Å². The summed E-state index contributed by atoms with van der Waals surface area (Å²) in [7, 11) is 0. The largest absolute Gasteiger partial charge is 0.396 e. The van der Waals surface area contributed by atoms with E-state index in [1.54, 1.807) is 6.08 Å². The summed E-state index contributed by atoms with van der Waals surface area (Å²) in [6.45, 7) is 4.26. The van der Waals surface area contributed by atoms with Crippen molar-refractivity contribution in [1.82, 2.24) is 5.32 Å². The van der Waals surface area contributed by atoms with Crippen LogP contribution >= 0.6 is 0 Å². The molecule has 0 aliphatic carbocycles. The van der Waals surface area contributed by atoms with Gasteiger partial charge in [0.15, 0.2) is 5.78 Å². The number of carbonyl (C=O) groups excluding carboxylic acids is 1. The van der Waals surface area contributed by atoms with Crippen molar-refractivity contribution < 1.29 is 9.18 Å². The maximum Gasteiger partial charge on any atom is 0.176 e. The molecule has 0 atom stereocenters. The predicted molar refractivity (Wildman–Crippen MR) is 58.2 cm³/mol. The molecule has 3 N–H and O–H groups in total. The van der Waals surface area contributed by atoms with Crippen LogP contribution in [0, 0.1) is 5.82 Å². The van der Waals surface area contributed by atoms with Gasteiger partial charge in [-0.1, -0.05) is 6.08 Å². The van der Waals surface area contributed by atoms with Gasteiger partial charge in [0, 0.05) is 12.1 Å². The Morgan fingerprint density at radius 2 is 2.33 bits per heavy atom. The summed E-state index contributed by atoms with van der Waals surface area (Å²) in [5.74, 6) is -0.630. The summed E-state index contributed by atoms with van der Waals surface area (Å²) in [6.07, 6.45) is 1.66. The Bertz CT molecular complexity index is 377. The summed E-state index contributed by atoms with van der Waals surface area (Å²) in [4.78, 5) is 11.5. The quantitative estimate of drug-likeness (QED) is 0.332. The van der Waals surface area contributed by atoms with Crippen molar-refractivity contribution in [2.75, 3.05) is 18.8 Å². The van der Waals surface area contributed by atoms with Gasteiger partial charge in [-0.2, -0.15) is 0 Å². The van der Waals surface area contributed by atoms with Crippen LogP contribution in [-0.2, 0) is 0 Å². The van der Waals surface area contributed by atoms with Crippen LogP contribution in [0.1, 0.15) is 10.4 Å². The lowest BCUT2D eigenvalue weighted by molar-refractivity contribution is 0.0992. The molecular formula is C11H13FN2O. The average molecular weight is 208 g/mol. The van der Waals surface area contributed by atoms with E-state index >= 15 is 0 Å². The molecule has 0 amide bonds. The minimum Gasteiger partial charge on any atom is -0.396 e. The second-order valence-corrected chi connectivity index (χ2v) is 3.08. The number of hydrogen-bond donors (Lipinski definition) is 2. The number of nitrogens with two attached hydrogens (primary N) is 1. The summed E-state index contributed by atoms with van der Waals surface area (Å²) in [5.41, 5.74) is 5.75. The topological polar surface area (TPSA) is 55.1 Å². The van der Waals surface area contributed by atoms with Gasteiger partial charge in [-0.05, 0) is 18.2 Å². The fraction of sp³-hybridized carbons (Fsp3) is 0.182. The number of benzene rings is 1. The molecule has 4 heteroatoms. The van der Waals surface area contributed by atoms with E-state index in [0.29, 0.717) is 12.1 Å². The first-order valence-electron chi connectivity index (χ1n) is 4.55. The summed E-state index contributed by atoms with van der Waals surface area (Å²) in [5, 5.41) is 2.87. The second-order valence-electron chi connectivity index (χ2n) is 3.08. The van der Waals surface area contributed by atoms with E-state index in [1.807, 2.05) is 0 Å². The molecule has 1 aromatic rings. The van der Waals surface area contributed by atoms with Crippen molar-refractivity contribution in [2.24, 2.45) is 0 Å². The van der Waals surface area contributed by atoms with Crippen molar-refractivity contribution in [2.45, 2.75) is 0 Å². The van der Waals surface area contributed by atoms with Gasteiger partial charge in [-0.3, -0.25) is 4.79 Å². The highest BCUT2D eigenvalue weighted by molar-refractivity contribution is 5.98. The summed E-state index contributed by atoms with van der Waals surface area (Å²) in [6, 6.07) is 3.95. The molecule has 0 heterocycles. The van der Waals surface area contributed by atoms with Crippen molar-refractivity contribution in [1.29, 1.82) is 0 Å². The molecule has 0 spiro atoms. The number of nitrogen functional groups attached to an aromatic ring is 1. The number of nitrogens with one attached hydrogen (secondary N) is 1. The van der Waals surface area contributed by atoms with Gasteiger partial charge in [0.2, 0.25) is 0 Å². The number of rotatable bonds is 5. The third-order valence-corrected chi connectivity index (χ3v) is 1.89. The monoisotopic (exact) mass is 208 g/mol. The van der Waals surface area contributed by atoms with Crippen LogP contribution in [0.4, 0.5) is 10.1 Å². The third kappa shape index (κ3) is 3.18. The first-order valence-corrected chi connectivity index (χ1v) is 4.55. The first-order chi connectivity index (χ1) is 7.15. The molecular weight excluding hydrogens is 195 g/mol. The minimum absolute atomic E-state index is 0.00966. The van der Waals surface area contributed by atoms with Gasteiger partial charge in [-0.15, -0.1) is 6.58 Å². The molecule has 0 radical (unpaired) electrons. The minimum atomic E-state index is -0.509. The molecule has 0 saturated heterocycles. The Morgan fingerprint density at radius 3 is 2.93 bits per heavy atom. The normalized spacial score (nSPS) is 9.93. The lowest BCUT2D eigenvalue weighted by atomic mass is 10.1. The zero-order chi connectivity index (χ0) is 11.3. The molecule has 80 valence electrons. The molecule has 1 rings (SSSR count). The highest BCUT2D eigenvalue weighted by Crippen LogP contribution is 2.12. The predicted octanol–water partition coefficient (Wildman–Crippen LogP) is 1.37. The number of anilines is 1. The Kier molecular flexibility index (Phi) is 4.00. The van der Waals surface area contributed by atoms with E-state index in [9.17, 15) is 9.18 Å². The van der Waals surface area contributed by atoms with Crippen LogP contribution in [0.5, 0.6) is 0 Å². The van der Waals surface area contributed by atoms with Crippen LogP contribution in [0.3, 0.4) is 0 Å². The zero-order valence-corrected chi connectivity index (χ0v) is 8.29. The third-order valence-electron chi connectivity index (χ3n) is 1.89. The first kappa shape index (κ1) is 11.4. The van der Waals surface area contributed by atoms with E-state index in [1.165, 1.54) is 18.2 Å². The van der Waals surface area contributed by atoms with E-state index < -0.39 is 5.82 Å². The highest BCUT2D eigenvalue weighted by Gasteiger charge is 2.07. The van der Waals surface area contributed by atoms with Crippen molar-refractivity contribution in [3.8, 4) is 0 Å². The Hall–Kier alpha value is -1.68. The molecule has 3 nitrogen and oxygen atoms in total. The van der Waals surface area contributed by atoms with Crippen molar-refractivity contribution >= 4 is 11.5 Å². The van der Waals surface area contributed by atoms with Gasteiger partial charge in [-0.25, -0.2) is 4.39 Å². The number of Topliss-reactive ketones (excluding diaryl/α,β-unsaturated/α-hetero) is 1. The SMILES string of the molecule is C=CCNCC(=O)c1ccc(F)c(N)c1. The number of halogens is 1. The zero-order valence-electron chi connectivity index (χ0n) is 8.29. The van der Waals surface area contributed by atoms with Crippen LogP contribution in [0.15, 0.2) is 30.9 Å². The molecule has 0 unspecified atom stereocenters. The molecule has 1 aromatic carbocycles. The maximum atomic E-state index is 12.8. The van der Waals surface area contributed by atoms with Gasteiger partial charge in [0.05, 0.1) is 12.2 Å². The molecule has 0 saturated carbocycles. The van der Waals surface area contributed by atoms with Gasteiger partial charge in [0.1, 0.15) is 5.82 Å². The fourth-order valence-corrected chi connectivity index (χ4v) is 1.11. The highest BCUT2D eigenvalue weighted by atomic mass is 19.1. The second kappa shape index (κ2) is 5.26. The average Bonchev–Trinajstić information content (AvgIpc) is 2.22. The number of hydrogen-bond acceptors (Lipinski definition) is 3. The lowest BCUT2D eigenvalue weighted by Gasteiger charge is -2.03. The summed E-state index contributed by atoms with van der Waals surface area (Å²) < 4.78 is 12.8. The smallest absolute Gasteiger partial charge is 0.176 e. The van der Waals surface area contributed by atoms with Crippen LogP contribution < -0.4 is 11.1 Å². The maximum absolute atomic E-state index is 12.8. The number of ketones is 1. The van der Waals surface area contributed by atoms with Gasteiger partial charge < -0.3 is 11.1 Å². The van der Waals surface area contributed by atoms with E-state index in [4.69, 9.17) is 5.73 Å². The Balaban J connectivity index is 2.65. The molecule has 0 aromatic heterocycles. The summed E-state index contributed by atoms with van der Waals surface area (Å²) >= 11 is 0. The van der Waals surface area contributed by atoms with Crippen LogP contribution in [0.25, 0.3) is 0 Å².